The Morgan fingerprint density at radius 3 is 2.19 bits per heavy atom. The number of benzene rings is 1. The van der Waals surface area contributed by atoms with E-state index in [0.29, 0.717) is 37.8 Å². The highest BCUT2D eigenvalue weighted by atomic mass is 19.4. The molecule has 0 aromatic heterocycles. The average molecular weight is 372 g/mol. The number of halogens is 3. The molecule has 1 aliphatic carbocycles. The number of hydrogen-bond donors (Lipinski definition) is 0. The molecular weight excluding hydrogens is 359 g/mol. The molecule has 0 N–H and O–H groups in total. The Balaban J connectivity index is 2.46. The molecule has 0 heterocycles. The number of ketones is 2. The molecule has 1 saturated carbocycles. The van der Waals surface area contributed by atoms with E-state index in [2.05, 4.69) is 0 Å². The lowest BCUT2D eigenvalue weighted by atomic mass is 9.85. The first-order valence-electron chi connectivity index (χ1n) is 7.68. The summed E-state index contributed by atoms with van der Waals surface area (Å²) in [6, 6.07) is 1.08. The summed E-state index contributed by atoms with van der Waals surface area (Å²) in [6.45, 7) is 0. The van der Waals surface area contributed by atoms with Crippen LogP contribution in [0, 0.1) is 22.0 Å². The van der Waals surface area contributed by atoms with Crippen molar-refractivity contribution in [3.63, 3.8) is 0 Å². The average Bonchev–Trinajstić information content (AvgIpc) is 3.07. The van der Waals surface area contributed by atoms with Crippen molar-refractivity contribution in [2.24, 2.45) is 11.8 Å². The monoisotopic (exact) mass is 372 g/mol. The van der Waals surface area contributed by atoms with Crippen LogP contribution in [0.25, 0.3) is 0 Å². The third-order valence-electron chi connectivity index (χ3n) is 4.33. The second kappa shape index (κ2) is 7.22. The normalized spacial score (nSPS) is 16.3. The number of nitrogens with zero attached hydrogens (tertiary/aromatic N) is 1. The molecule has 26 heavy (non-hydrogen) atoms. The molecule has 2 rings (SSSR count). The molecule has 140 valence electrons. The number of aliphatic carboxylic acids is 1. The molecule has 0 saturated heterocycles. The van der Waals surface area contributed by atoms with Gasteiger partial charge in [-0.1, -0.05) is 12.8 Å². The van der Waals surface area contributed by atoms with E-state index in [1.807, 2.05) is 0 Å². The Kier molecular flexibility index (Phi) is 5.43. The van der Waals surface area contributed by atoms with Crippen LogP contribution in [0.1, 0.15) is 41.6 Å². The minimum atomic E-state index is -4.89. The van der Waals surface area contributed by atoms with Crippen molar-refractivity contribution in [1.29, 1.82) is 0 Å². The fourth-order valence-corrected chi connectivity index (χ4v) is 3.02. The Hall–Kier alpha value is -2.78. The summed E-state index contributed by atoms with van der Waals surface area (Å²) in [5, 5.41) is 22.4. The first kappa shape index (κ1) is 19.5. The van der Waals surface area contributed by atoms with Crippen molar-refractivity contribution in [2.75, 3.05) is 0 Å². The van der Waals surface area contributed by atoms with Crippen LogP contribution in [0.4, 0.5) is 18.9 Å². The van der Waals surface area contributed by atoms with Crippen molar-refractivity contribution in [1.82, 2.24) is 0 Å². The summed E-state index contributed by atoms with van der Waals surface area (Å²) in [5.41, 5.74) is -3.45. The van der Waals surface area contributed by atoms with Gasteiger partial charge in [0.05, 0.1) is 22.0 Å². The zero-order valence-corrected chi connectivity index (χ0v) is 13.2. The summed E-state index contributed by atoms with van der Waals surface area (Å²) in [5.74, 6) is -7.37. The number of carbonyl (C=O) groups is 3. The zero-order chi connectivity index (χ0) is 19.6. The maximum absolute atomic E-state index is 12.7. The molecule has 0 amide bonds. The van der Waals surface area contributed by atoms with Gasteiger partial charge in [0.2, 0.25) is 0 Å². The van der Waals surface area contributed by atoms with E-state index in [-0.39, 0.29) is 6.07 Å². The van der Waals surface area contributed by atoms with Crippen molar-refractivity contribution in [3.8, 4) is 0 Å². The molecule has 10 heteroatoms. The summed E-state index contributed by atoms with van der Waals surface area (Å²) in [7, 11) is 0. The molecule has 1 fully saturated rings. The minimum Gasteiger partial charge on any atom is -0.549 e. The number of hydrogen-bond acceptors (Lipinski definition) is 6. The lowest BCUT2D eigenvalue weighted by Crippen LogP contribution is -2.43. The summed E-state index contributed by atoms with van der Waals surface area (Å²) in [4.78, 5) is 45.9. The molecule has 0 spiro atoms. The van der Waals surface area contributed by atoms with Gasteiger partial charge in [-0.05, 0) is 25.0 Å². The van der Waals surface area contributed by atoms with Crippen molar-refractivity contribution >= 4 is 23.2 Å². The Bertz CT molecular complexity index is 768. The van der Waals surface area contributed by atoms with Crippen molar-refractivity contribution in [2.45, 2.75) is 31.9 Å². The fourth-order valence-electron chi connectivity index (χ4n) is 3.02. The number of nitro benzene ring substituents is 1. The Morgan fingerprint density at radius 1 is 1.15 bits per heavy atom. The molecule has 1 atom stereocenters. The number of carboxylic acids is 1. The Labute approximate surface area is 145 Å². The topological polar surface area (TPSA) is 117 Å². The van der Waals surface area contributed by atoms with Crippen molar-refractivity contribution in [3.05, 3.63) is 39.4 Å². The third kappa shape index (κ3) is 3.89. The Morgan fingerprint density at radius 2 is 1.73 bits per heavy atom. The van der Waals surface area contributed by atoms with E-state index < -0.39 is 57.3 Å². The van der Waals surface area contributed by atoms with Crippen LogP contribution >= 0.6 is 0 Å². The predicted octanol–water partition coefficient (Wildman–Crippen LogP) is 1.92. The van der Waals surface area contributed by atoms with Crippen LogP contribution in [-0.4, -0.2) is 22.5 Å². The van der Waals surface area contributed by atoms with E-state index in [1.54, 1.807) is 0 Å². The third-order valence-corrected chi connectivity index (χ3v) is 4.33. The number of rotatable bonds is 6. The number of alkyl halides is 3. The molecule has 1 aliphatic rings. The quantitative estimate of drug-likeness (QED) is 0.326. The first-order valence-corrected chi connectivity index (χ1v) is 7.68. The van der Waals surface area contributed by atoms with Gasteiger partial charge in [0.1, 0.15) is 5.92 Å². The summed E-state index contributed by atoms with van der Waals surface area (Å²) >= 11 is 0. The maximum Gasteiger partial charge on any atom is 0.416 e. The zero-order valence-electron chi connectivity index (χ0n) is 13.2. The largest absolute Gasteiger partial charge is 0.549 e. The smallest absolute Gasteiger partial charge is 0.416 e. The van der Waals surface area contributed by atoms with Crippen LogP contribution in [-0.2, 0) is 15.8 Å². The molecule has 0 aliphatic heterocycles. The molecule has 0 radical (unpaired) electrons. The van der Waals surface area contributed by atoms with Gasteiger partial charge in [-0.2, -0.15) is 13.2 Å². The number of Topliss-reactive ketones (excluding diaryl/α,β-unsaturated/α-hetero) is 2. The fraction of sp³-hybridized carbons (Fsp3) is 0.438. The van der Waals surface area contributed by atoms with Crippen LogP contribution in [0.5, 0.6) is 0 Å². The van der Waals surface area contributed by atoms with Crippen LogP contribution in [0.3, 0.4) is 0 Å². The van der Waals surface area contributed by atoms with Crippen LogP contribution in [0.2, 0.25) is 0 Å². The van der Waals surface area contributed by atoms with Gasteiger partial charge < -0.3 is 9.90 Å². The van der Waals surface area contributed by atoms with E-state index >= 15 is 0 Å². The van der Waals surface area contributed by atoms with Gasteiger partial charge in [-0.3, -0.25) is 19.7 Å². The molecule has 7 nitrogen and oxygen atoms in total. The minimum absolute atomic E-state index is 0.139. The van der Waals surface area contributed by atoms with Gasteiger partial charge in [-0.15, -0.1) is 0 Å². The standard InChI is InChI=1S/C16H14F3NO6/c17-16(18,19)9-5-6-10(11(7-9)20(25)26)14(22)12(15(23)24)13(21)8-3-1-2-4-8/h5-8,12H,1-4H2,(H,23,24)/p-1. The van der Waals surface area contributed by atoms with Gasteiger partial charge in [-0.25, -0.2) is 0 Å². The molecule has 0 bridgehead atoms. The van der Waals surface area contributed by atoms with Crippen molar-refractivity contribution < 1.29 is 37.6 Å². The second-order valence-electron chi connectivity index (χ2n) is 5.99. The van der Waals surface area contributed by atoms with E-state index in [0.717, 1.165) is 0 Å². The van der Waals surface area contributed by atoms with Crippen LogP contribution < -0.4 is 5.11 Å². The highest BCUT2D eigenvalue weighted by Crippen LogP contribution is 2.35. The van der Waals surface area contributed by atoms with Gasteiger partial charge in [0.25, 0.3) is 5.69 Å². The van der Waals surface area contributed by atoms with Gasteiger partial charge >= 0.3 is 6.18 Å². The second-order valence-corrected chi connectivity index (χ2v) is 5.99. The van der Waals surface area contributed by atoms with E-state index in [4.69, 9.17) is 0 Å². The molecule has 1 unspecified atom stereocenters. The van der Waals surface area contributed by atoms with Gasteiger partial charge in [0.15, 0.2) is 11.6 Å². The molecule has 1 aromatic carbocycles. The number of nitro groups is 1. The van der Waals surface area contributed by atoms with Crippen LogP contribution in [0.15, 0.2) is 18.2 Å². The predicted molar refractivity (Wildman–Crippen MR) is 77.9 cm³/mol. The maximum atomic E-state index is 12.7. The highest BCUT2D eigenvalue weighted by molar-refractivity contribution is 6.23. The SMILES string of the molecule is O=C([O-])C(C(=O)c1ccc(C(F)(F)F)cc1[N+](=O)[O-])C(=O)C1CCCC1. The van der Waals surface area contributed by atoms with Gasteiger partial charge in [0, 0.05) is 12.0 Å². The lowest BCUT2D eigenvalue weighted by Gasteiger charge is -2.19. The summed E-state index contributed by atoms with van der Waals surface area (Å²) in [6.07, 6.45) is -2.79. The van der Waals surface area contributed by atoms with E-state index in [9.17, 15) is 42.8 Å². The molecular formula is C16H13F3NO6-. The number of carbonyl (C=O) groups excluding carboxylic acids is 3. The molecule has 1 aromatic rings. The first-order chi connectivity index (χ1) is 12.0. The number of carboxylic acid groups (broad SMARTS) is 1. The van der Waals surface area contributed by atoms with E-state index in [1.165, 1.54) is 0 Å². The lowest BCUT2D eigenvalue weighted by molar-refractivity contribution is -0.385. The summed E-state index contributed by atoms with van der Waals surface area (Å²) < 4.78 is 38.2. The highest BCUT2D eigenvalue weighted by Gasteiger charge is 2.39.